The molecule has 0 fully saturated rings. The fourth-order valence-electron chi connectivity index (χ4n) is 0.481. The van der Waals surface area contributed by atoms with Crippen LogP contribution in [0.2, 0.25) is 0 Å². The molecule has 0 atom stereocenters. The van der Waals surface area contributed by atoms with Crippen LogP contribution in [0.25, 0.3) is 0 Å². The summed E-state index contributed by atoms with van der Waals surface area (Å²) in [5, 5.41) is 25.8. The van der Waals surface area contributed by atoms with Crippen molar-refractivity contribution < 1.29 is 19.5 Å². The van der Waals surface area contributed by atoms with Gasteiger partial charge in [-0.3, -0.25) is 0 Å². The molecule has 3 N–H and O–H groups in total. The van der Waals surface area contributed by atoms with Crippen molar-refractivity contribution in [2.45, 2.75) is 0 Å². The van der Waals surface area contributed by atoms with E-state index in [1.165, 1.54) is 0 Å². The Balaban J connectivity index is 4.83. The molecule has 0 aromatic heterocycles. The molecule has 0 aromatic carbocycles. The average Bonchev–Trinajstić information content (AvgIpc) is 1.88. The summed E-state index contributed by atoms with van der Waals surface area (Å²) < 4.78 is 12.1. The van der Waals surface area contributed by atoms with Gasteiger partial charge in [0.1, 0.15) is 5.76 Å². The minimum absolute atomic E-state index is 0.405. The van der Waals surface area contributed by atoms with Gasteiger partial charge in [0, 0.05) is 5.47 Å². The van der Waals surface area contributed by atoms with Crippen molar-refractivity contribution in [3.63, 3.8) is 0 Å². The molecule has 0 radical (unpaired) electrons. The third-order valence-electron chi connectivity index (χ3n) is 1.03. The molecule has 0 bridgehead atoms. The van der Waals surface area contributed by atoms with Crippen LogP contribution in [0, 0.1) is 0 Å². The van der Waals surface area contributed by atoms with Crippen molar-refractivity contribution in [1.82, 2.24) is 0 Å². The molecule has 0 aromatic rings. The quantitative estimate of drug-likeness (QED) is 0.318. The number of halogens is 1. The van der Waals surface area contributed by atoms with Crippen LogP contribution in [0.3, 0.4) is 0 Å². The number of allylic oxidation sites excluding steroid dienone is 3. The van der Waals surface area contributed by atoms with Crippen LogP contribution >= 0.6 is 0 Å². The topological polar surface area (TPSA) is 60.7 Å². The van der Waals surface area contributed by atoms with Crippen LogP contribution in [0.5, 0.6) is 0 Å². The fraction of sp³-hybridized carbons (Fsp3) is 0. The molecular weight excluding hydrogens is 150 g/mol. The van der Waals surface area contributed by atoms with Gasteiger partial charge in [0.05, 0.1) is 0 Å². The van der Waals surface area contributed by atoms with Gasteiger partial charge < -0.3 is 15.2 Å². The molecule has 0 saturated carbocycles. The van der Waals surface area contributed by atoms with E-state index in [9.17, 15) is 4.39 Å². The zero-order chi connectivity index (χ0) is 9.02. The number of hydrogen-bond donors (Lipinski definition) is 3. The lowest BCUT2D eigenvalue weighted by Crippen LogP contribution is -2.16. The van der Waals surface area contributed by atoms with Gasteiger partial charge in [-0.2, -0.15) is 0 Å². The zero-order valence-electron chi connectivity index (χ0n) is 5.79. The van der Waals surface area contributed by atoms with Crippen LogP contribution in [0.1, 0.15) is 0 Å². The van der Waals surface area contributed by atoms with Crippen molar-refractivity contribution in [3.05, 3.63) is 36.3 Å². The third kappa shape index (κ3) is 2.57. The van der Waals surface area contributed by atoms with Gasteiger partial charge in [-0.1, -0.05) is 19.2 Å². The molecule has 0 spiro atoms. The largest absolute Gasteiger partial charge is 0.505 e. The molecule has 0 rings (SSSR count). The molecular formula is C6H8BFO3. The van der Waals surface area contributed by atoms with Crippen molar-refractivity contribution in [2.75, 3.05) is 0 Å². The summed E-state index contributed by atoms with van der Waals surface area (Å²) in [5.74, 6) is -2.02. The van der Waals surface area contributed by atoms with Crippen molar-refractivity contribution in [2.24, 2.45) is 0 Å². The SMILES string of the molecule is C=C/C(B(O)O)=C(/O)C(=C)F. The lowest BCUT2D eigenvalue weighted by atomic mass is 9.78. The molecule has 0 heterocycles. The van der Waals surface area contributed by atoms with E-state index >= 15 is 0 Å². The molecule has 3 nitrogen and oxygen atoms in total. The highest BCUT2D eigenvalue weighted by Gasteiger charge is 2.18. The van der Waals surface area contributed by atoms with E-state index in [1.54, 1.807) is 0 Å². The van der Waals surface area contributed by atoms with Crippen LogP contribution in [0.4, 0.5) is 4.39 Å². The normalized spacial score (nSPS) is 11.9. The van der Waals surface area contributed by atoms with E-state index in [1.807, 2.05) is 0 Å². The molecule has 5 heteroatoms. The van der Waals surface area contributed by atoms with Gasteiger partial charge in [0.25, 0.3) is 0 Å². The van der Waals surface area contributed by atoms with Crippen LogP contribution in [0.15, 0.2) is 36.3 Å². The molecule has 0 aliphatic heterocycles. The summed E-state index contributed by atoms with van der Waals surface area (Å²) in [5.41, 5.74) is -0.405. The summed E-state index contributed by atoms with van der Waals surface area (Å²) in [4.78, 5) is 0. The Morgan fingerprint density at radius 3 is 2.00 bits per heavy atom. The second-order valence-electron chi connectivity index (χ2n) is 1.79. The summed E-state index contributed by atoms with van der Waals surface area (Å²) in [7, 11) is -1.94. The minimum Gasteiger partial charge on any atom is -0.505 e. The molecule has 0 unspecified atom stereocenters. The third-order valence-corrected chi connectivity index (χ3v) is 1.03. The highest BCUT2D eigenvalue weighted by Crippen LogP contribution is 2.12. The van der Waals surface area contributed by atoms with Gasteiger partial charge in [-0.15, -0.1) is 0 Å². The lowest BCUT2D eigenvalue weighted by Gasteiger charge is -2.01. The molecule has 0 amide bonds. The maximum absolute atomic E-state index is 12.1. The van der Waals surface area contributed by atoms with Crippen LogP contribution in [-0.4, -0.2) is 22.3 Å². The number of hydrogen-bond acceptors (Lipinski definition) is 3. The predicted octanol–water partition coefficient (Wildman–Crippen LogP) is 0.480. The highest BCUT2D eigenvalue weighted by molar-refractivity contribution is 6.52. The van der Waals surface area contributed by atoms with E-state index < -0.39 is 24.2 Å². The monoisotopic (exact) mass is 158 g/mol. The van der Waals surface area contributed by atoms with Gasteiger partial charge in [-0.25, -0.2) is 4.39 Å². The second-order valence-corrected chi connectivity index (χ2v) is 1.79. The predicted molar refractivity (Wildman–Crippen MR) is 40.3 cm³/mol. The first-order valence-corrected chi connectivity index (χ1v) is 2.77. The minimum atomic E-state index is -1.94. The van der Waals surface area contributed by atoms with Gasteiger partial charge in [0.2, 0.25) is 0 Å². The molecule has 11 heavy (non-hydrogen) atoms. The second kappa shape index (κ2) is 3.95. The van der Waals surface area contributed by atoms with Gasteiger partial charge >= 0.3 is 7.12 Å². The molecule has 0 aliphatic carbocycles. The Bertz CT molecular complexity index is 210. The van der Waals surface area contributed by atoms with Crippen molar-refractivity contribution in [3.8, 4) is 0 Å². The standard InChI is InChI=1S/C6H8BFO3/c1-3-5(7(10)11)6(9)4(2)8/h3,9-11H,1-2H2/b6-5-. The van der Waals surface area contributed by atoms with Gasteiger partial charge in [0.15, 0.2) is 5.83 Å². The smallest absolute Gasteiger partial charge is 0.492 e. The highest BCUT2D eigenvalue weighted by atomic mass is 19.1. The van der Waals surface area contributed by atoms with Crippen molar-refractivity contribution in [1.29, 1.82) is 0 Å². The van der Waals surface area contributed by atoms with Crippen LogP contribution in [-0.2, 0) is 0 Å². The first-order chi connectivity index (χ1) is 5.00. The maximum Gasteiger partial charge on any atom is 0.492 e. The van der Waals surface area contributed by atoms with E-state index in [-0.39, 0.29) is 0 Å². The van der Waals surface area contributed by atoms with Gasteiger partial charge in [-0.05, 0) is 0 Å². The Hall–Kier alpha value is -1.07. The Morgan fingerprint density at radius 1 is 1.45 bits per heavy atom. The Labute approximate surface area is 63.9 Å². The summed E-state index contributed by atoms with van der Waals surface area (Å²) in [6, 6.07) is 0. The van der Waals surface area contributed by atoms with E-state index in [0.29, 0.717) is 0 Å². The van der Waals surface area contributed by atoms with E-state index in [2.05, 4.69) is 13.2 Å². The number of aliphatic hydroxyl groups excluding tert-OH is 1. The Morgan fingerprint density at radius 2 is 1.91 bits per heavy atom. The van der Waals surface area contributed by atoms with E-state index in [0.717, 1.165) is 6.08 Å². The summed E-state index contributed by atoms with van der Waals surface area (Å²) in [6.07, 6.45) is 0.935. The zero-order valence-corrected chi connectivity index (χ0v) is 5.79. The number of rotatable bonds is 3. The first-order valence-electron chi connectivity index (χ1n) is 2.77. The molecule has 0 saturated heterocycles. The maximum atomic E-state index is 12.1. The summed E-state index contributed by atoms with van der Waals surface area (Å²) in [6.45, 7) is 5.90. The molecule has 60 valence electrons. The lowest BCUT2D eigenvalue weighted by molar-refractivity contribution is 0.376. The van der Waals surface area contributed by atoms with E-state index in [4.69, 9.17) is 15.2 Å². The van der Waals surface area contributed by atoms with Crippen molar-refractivity contribution >= 4 is 7.12 Å². The first kappa shape index (κ1) is 9.93. The molecule has 0 aliphatic rings. The summed E-state index contributed by atoms with van der Waals surface area (Å²) >= 11 is 0. The Kier molecular flexibility index (Phi) is 3.57. The average molecular weight is 158 g/mol. The van der Waals surface area contributed by atoms with Crippen LogP contribution < -0.4 is 0 Å². The number of aliphatic hydroxyl groups is 1. The fourth-order valence-corrected chi connectivity index (χ4v) is 0.481.